The van der Waals surface area contributed by atoms with Gasteiger partial charge in [-0.25, -0.2) is 0 Å². The standard InChI is InChI=1S/C6H8O3/c1-3-9-4-6(8)5(2)7/h3-4,8H,1H2,2H3/b6-4+. The molecule has 0 aliphatic carbocycles. The average Bonchev–Trinajstić information content (AvgIpc) is 1.82. The third-order valence-electron chi connectivity index (χ3n) is 0.637. The van der Waals surface area contributed by atoms with Crippen LogP contribution in [0.4, 0.5) is 0 Å². The second-order valence-electron chi connectivity index (χ2n) is 1.36. The zero-order valence-corrected chi connectivity index (χ0v) is 5.13. The molecule has 0 unspecified atom stereocenters. The van der Waals surface area contributed by atoms with Crippen molar-refractivity contribution in [2.45, 2.75) is 6.92 Å². The zero-order chi connectivity index (χ0) is 7.28. The largest absolute Gasteiger partial charge is 0.502 e. The number of carbonyl (C=O) groups excluding carboxylic acids is 1. The van der Waals surface area contributed by atoms with E-state index in [-0.39, 0.29) is 0 Å². The molecule has 0 aliphatic heterocycles. The maximum absolute atomic E-state index is 10.2. The first-order valence-electron chi connectivity index (χ1n) is 2.35. The van der Waals surface area contributed by atoms with Crippen LogP contribution in [0.5, 0.6) is 0 Å². The maximum atomic E-state index is 10.2. The van der Waals surface area contributed by atoms with Gasteiger partial charge >= 0.3 is 0 Å². The predicted octanol–water partition coefficient (Wildman–Crippen LogP) is 1.13. The van der Waals surface area contributed by atoms with Crippen LogP contribution in [0.1, 0.15) is 6.92 Å². The second kappa shape index (κ2) is 3.72. The Labute approximate surface area is 53.3 Å². The molecule has 1 N–H and O–H groups in total. The molecule has 0 aromatic rings. The molecule has 0 heterocycles. The summed E-state index contributed by atoms with van der Waals surface area (Å²) in [4.78, 5) is 10.2. The quantitative estimate of drug-likeness (QED) is 0.458. The Balaban J connectivity index is 3.83. The fourth-order valence-corrected chi connectivity index (χ4v) is 0.196. The lowest BCUT2D eigenvalue weighted by Gasteiger charge is -1.90. The molecule has 0 fully saturated rings. The first-order valence-corrected chi connectivity index (χ1v) is 2.35. The van der Waals surface area contributed by atoms with Crippen molar-refractivity contribution in [1.82, 2.24) is 0 Å². The summed E-state index contributed by atoms with van der Waals surface area (Å²) in [5, 5.41) is 8.60. The highest BCUT2D eigenvalue weighted by Gasteiger charge is 1.96. The van der Waals surface area contributed by atoms with Crippen LogP contribution in [0.2, 0.25) is 0 Å². The minimum absolute atomic E-state index is 0.408. The Kier molecular flexibility index (Phi) is 3.20. The zero-order valence-electron chi connectivity index (χ0n) is 5.13. The lowest BCUT2D eigenvalue weighted by atomic mass is 10.4. The van der Waals surface area contributed by atoms with E-state index in [9.17, 15) is 4.79 Å². The number of allylic oxidation sites excluding steroid dienone is 1. The Morgan fingerprint density at radius 3 is 2.67 bits per heavy atom. The summed E-state index contributed by atoms with van der Waals surface area (Å²) < 4.78 is 4.39. The number of aliphatic hydroxyl groups excluding tert-OH is 1. The third kappa shape index (κ3) is 3.34. The van der Waals surface area contributed by atoms with E-state index in [1.54, 1.807) is 0 Å². The van der Waals surface area contributed by atoms with Crippen molar-refractivity contribution < 1.29 is 14.6 Å². The normalized spacial score (nSPS) is 10.6. The monoisotopic (exact) mass is 128 g/mol. The minimum Gasteiger partial charge on any atom is -0.502 e. The molecular formula is C6H8O3. The molecule has 0 radical (unpaired) electrons. The lowest BCUT2D eigenvalue weighted by Crippen LogP contribution is -1.94. The molecule has 0 aromatic heterocycles. The van der Waals surface area contributed by atoms with Crippen LogP contribution in [-0.2, 0) is 9.53 Å². The minimum atomic E-state index is -0.433. The van der Waals surface area contributed by atoms with Crippen LogP contribution in [-0.4, -0.2) is 10.9 Å². The highest BCUT2D eigenvalue weighted by atomic mass is 16.5. The van der Waals surface area contributed by atoms with Gasteiger partial charge in [-0.2, -0.15) is 0 Å². The number of Topliss-reactive ketones (excluding diaryl/α,β-unsaturated/α-hetero) is 1. The highest BCUT2D eigenvalue weighted by molar-refractivity contribution is 5.90. The van der Waals surface area contributed by atoms with Gasteiger partial charge in [-0.15, -0.1) is 0 Å². The summed E-state index contributed by atoms with van der Waals surface area (Å²) in [5.74, 6) is -0.841. The Morgan fingerprint density at radius 2 is 2.33 bits per heavy atom. The van der Waals surface area contributed by atoms with Gasteiger partial charge in [0.2, 0.25) is 0 Å². The Hall–Kier alpha value is -1.25. The first-order chi connectivity index (χ1) is 4.18. The molecule has 0 amide bonds. The van der Waals surface area contributed by atoms with Gasteiger partial charge in [-0.05, 0) is 0 Å². The molecule has 0 atom stereocenters. The van der Waals surface area contributed by atoms with Gasteiger partial charge in [0.15, 0.2) is 11.5 Å². The smallest absolute Gasteiger partial charge is 0.197 e. The molecule has 0 saturated carbocycles. The summed E-state index contributed by atoms with van der Waals surface area (Å²) in [7, 11) is 0. The first kappa shape index (κ1) is 7.75. The molecule has 3 heteroatoms. The van der Waals surface area contributed by atoms with Crippen molar-refractivity contribution in [2.24, 2.45) is 0 Å². The summed E-state index contributed by atoms with van der Waals surface area (Å²) >= 11 is 0. The fraction of sp³-hybridized carbons (Fsp3) is 0.167. The van der Waals surface area contributed by atoms with Crippen LogP contribution >= 0.6 is 0 Å². The van der Waals surface area contributed by atoms with Crippen molar-refractivity contribution in [2.75, 3.05) is 0 Å². The summed E-state index contributed by atoms with van der Waals surface area (Å²) in [6, 6.07) is 0. The molecule has 0 saturated heterocycles. The van der Waals surface area contributed by atoms with Crippen LogP contribution in [0.3, 0.4) is 0 Å². The maximum Gasteiger partial charge on any atom is 0.197 e. The second-order valence-corrected chi connectivity index (χ2v) is 1.36. The number of hydrogen-bond acceptors (Lipinski definition) is 3. The van der Waals surface area contributed by atoms with Crippen molar-refractivity contribution in [3.8, 4) is 0 Å². The topological polar surface area (TPSA) is 46.5 Å². The molecule has 9 heavy (non-hydrogen) atoms. The van der Waals surface area contributed by atoms with Gasteiger partial charge in [0.25, 0.3) is 0 Å². The van der Waals surface area contributed by atoms with Crippen molar-refractivity contribution in [1.29, 1.82) is 0 Å². The number of aliphatic hydroxyl groups is 1. The fourth-order valence-electron chi connectivity index (χ4n) is 0.196. The van der Waals surface area contributed by atoms with Crippen LogP contribution in [0, 0.1) is 0 Å². The summed E-state index contributed by atoms with van der Waals surface area (Å²) in [5.41, 5.74) is 0. The van der Waals surface area contributed by atoms with Crippen LogP contribution < -0.4 is 0 Å². The molecule has 50 valence electrons. The molecule has 0 aliphatic rings. The van der Waals surface area contributed by atoms with E-state index in [2.05, 4.69) is 11.3 Å². The molecule has 3 nitrogen and oxygen atoms in total. The van der Waals surface area contributed by atoms with Gasteiger partial charge in [0, 0.05) is 6.92 Å². The van der Waals surface area contributed by atoms with E-state index in [1.165, 1.54) is 6.92 Å². The average molecular weight is 128 g/mol. The Bertz CT molecular complexity index is 146. The number of carbonyl (C=O) groups is 1. The van der Waals surface area contributed by atoms with E-state index in [4.69, 9.17) is 5.11 Å². The molecular weight excluding hydrogens is 120 g/mol. The van der Waals surface area contributed by atoms with Gasteiger partial charge in [-0.3, -0.25) is 4.79 Å². The van der Waals surface area contributed by atoms with Gasteiger partial charge < -0.3 is 9.84 Å². The SMILES string of the molecule is C=CO/C=C(/O)C(C)=O. The predicted molar refractivity (Wildman–Crippen MR) is 32.7 cm³/mol. The van der Waals surface area contributed by atoms with E-state index in [1.807, 2.05) is 0 Å². The molecule has 0 spiro atoms. The summed E-state index contributed by atoms with van der Waals surface area (Å²) in [6.45, 7) is 4.44. The number of ketones is 1. The van der Waals surface area contributed by atoms with E-state index < -0.39 is 11.5 Å². The lowest BCUT2D eigenvalue weighted by molar-refractivity contribution is -0.116. The van der Waals surface area contributed by atoms with E-state index in [0.717, 1.165) is 12.5 Å². The van der Waals surface area contributed by atoms with Crippen LogP contribution in [0.25, 0.3) is 0 Å². The number of ether oxygens (including phenoxy) is 1. The van der Waals surface area contributed by atoms with Crippen molar-refractivity contribution >= 4 is 5.78 Å². The Morgan fingerprint density at radius 1 is 1.78 bits per heavy atom. The van der Waals surface area contributed by atoms with Gasteiger partial charge in [0.05, 0.1) is 6.26 Å². The van der Waals surface area contributed by atoms with Gasteiger partial charge in [0.1, 0.15) is 6.26 Å². The van der Waals surface area contributed by atoms with Crippen molar-refractivity contribution in [3.63, 3.8) is 0 Å². The molecule has 0 aromatic carbocycles. The van der Waals surface area contributed by atoms with Gasteiger partial charge in [-0.1, -0.05) is 6.58 Å². The van der Waals surface area contributed by atoms with Crippen molar-refractivity contribution in [3.05, 3.63) is 24.9 Å². The number of rotatable bonds is 3. The third-order valence-corrected chi connectivity index (χ3v) is 0.637. The van der Waals surface area contributed by atoms with E-state index in [0.29, 0.717) is 0 Å². The van der Waals surface area contributed by atoms with E-state index >= 15 is 0 Å². The number of hydrogen-bond donors (Lipinski definition) is 1. The van der Waals surface area contributed by atoms with Crippen LogP contribution in [0.15, 0.2) is 24.9 Å². The molecule has 0 rings (SSSR count). The molecule has 0 bridgehead atoms. The highest BCUT2D eigenvalue weighted by Crippen LogP contribution is 1.89. The summed E-state index contributed by atoms with van der Waals surface area (Å²) in [6.07, 6.45) is 2.04.